The molecule has 1 aliphatic heterocycles. The molecule has 3 heterocycles. The number of rotatable bonds is 4. The molecule has 0 aliphatic carbocycles. The molecule has 3 aromatic rings. The van der Waals surface area contributed by atoms with Crippen LogP contribution in [0.5, 0.6) is 0 Å². The van der Waals surface area contributed by atoms with Crippen LogP contribution < -0.4 is 5.43 Å². The van der Waals surface area contributed by atoms with Crippen LogP contribution in [0, 0.1) is 12.8 Å². The molecular weight excluding hydrogens is 390 g/mol. The lowest BCUT2D eigenvalue weighted by atomic mass is 9.96. The highest BCUT2D eigenvalue weighted by Crippen LogP contribution is 2.24. The Balaban J connectivity index is 1.47. The summed E-state index contributed by atoms with van der Waals surface area (Å²) >= 11 is 6.15. The molecule has 4 rings (SSSR count). The number of nitrogens with zero attached hydrogens (tertiary/aromatic N) is 3. The number of carbonyl (C=O) groups excluding carboxylic acids is 1. The van der Waals surface area contributed by atoms with E-state index in [0.717, 1.165) is 37.2 Å². The highest BCUT2D eigenvalue weighted by Gasteiger charge is 2.26. The zero-order valence-corrected chi connectivity index (χ0v) is 17.4. The number of imidazole rings is 1. The molecule has 7 heteroatoms. The van der Waals surface area contributed by atoms with Crippen LogP contribution in [0.25, 0.3) is 11.0 Å². The fourth-order valence-corrected chi connectivity index (χ4v) is 4.12. The average Bonchev–Trinajstić information content (AvgIpc) is 3.16. The fourth-order valence-electron chi connectivity index (χ4n) is 3.96. The number of hydrogen-bond acceptors (Lipinski definition) is 4. The van der Waals surface area contributed by atoms with E-state index in [9.17, 15) is 9.59 Å². The summed E-state index contributed by atoms with van der Waals surface area (Å²) in [6.45, 7) is 6.16. The fraction of sp³-hybridized carbons (Fsp3) is 0.409. The monoisotopic (exact) mass is 413 g/mol. The van der Waals surface area contributed by atoms with Crippen LogP contribution in [0.1, 0.15) is 41.7 Å². The van der Waals surface area contributed by atoms with E-state index < -0.39 is 0 Å². The molecule has 0 bridgehead atoms. The number of amides is 1. The number of benzene rings is 1. The first-order valence-electron chi connectivity index (χ1n) is 9.99. The lowest BCUT2D eigenvalue weighted by Gasteiger charge is -2.32. The van der Waals surface area contributed by atoms with E-state index in [1.807, 2.05) is 19.3 Å². The molecular formula is C22H24ClN3O3. The van der Waals surface area contributed by atoms with Gasteiger partial charge < -0.3 is 13.9 Å². The Morgan fingerprint density at radius 3 is 2.76 bits per heavy atom. The summed E-state index contributed by atoms with van der Waals surface area (Å²) in [5.41, 5.74) is 0.923. The van der Waals surface area contributed by atoms with Crippen molar-refractivity contribution < 1.29 is 9.21 Å². The van der Waals surface area contributed by atoms with Gasteiger partial charge in [-0.15, -0.1) is 0 Å². The molecule has 0 spiro atoms. The van der Waals surface area contributed by atoms with Crippen LogP contribution in [-0.2, 0) is 13.0 Å². The zero-order chi connectivity index (χ0) is 20.5. The quantitative estimate of drug-likeness (QED) is 0.646. The van der Waals surface area contributed by atoms with Crippen molar-refractivity contribution in [3.05, 3.63) is 63.0 Å². The number of aromatic nitrogens is 2. The SMILES string of the molecule is CCc1nccn1CC1CCN(C(=O)c2cc(=O)c3cc(C)c(Cl)cc3o2)CC1. The molecule has 152 valence electrons. The van der Waals surface area contributed by atoms with Gasteiger partial charge in [-0.3, -0.25) is 9.59 Å². The van der Waals surface area contributed by atoms with Crippen LogP contribution in [0.3, 0.4) is 0 Å². The van der Waals surface area contributed by atoms with Crippen LogP contribution in [-0.4, -0.2) is 33.4 Å². The molecule has 0 N–H and O–H groups in total. The van der Waals surface area contributed by atoms with Crippen molar-refractivity contribution in [1.82, 2.24) is 14.5 Å². The molecule has 29 heavy (non-hydrogen) atoms. The van der Waals surface area contributed by atoms with Crippen LogP contribution in [0.2, 0.25) is 5.02 Å². The minimum Gasteiger partial charge on any atom is -0.451 e. The number of carbonyl (C=O) groups is 1. The highest BCUT2D eigenvalue weighted by molar-refractivity contribution is 6.32. The largest absolute Gasteiger partial charge is 0.451 e. The third kappa shape index (κ3) is 3.94. The van der Waals surface area contributed by atoms with Crippen LogP contribution >= 0.6 is 11.6 Å². The van der Waals surface area contributed by atoms with Gasteiger partial charge in [-0.25, -0.2) is 4.98 Å². The molecule has 1 amide bonds. The predicted molar refractivity (Wildman–Crippen MR) is 112 cm³/mol. The van der Waals surface area contributed by atoms with E-state index in [0.29, 0.717) is 35.0 Å². The molecule has 0 unspecified atom stereocenters. The van der Waals surface area contributed by atoms with Gasteiger partial charge in [0.2, 0.25) is 0 Å². The minimum atomic E-state index is -0.240. The second-order valence-corrected chi connectivity index (χ2v) is 8.06. The Hall–Kier alpha value is -2.60. The first-order chi connectivity index (χ1) is 14.0. The smallest absolute Gasteiger partial charge is 0.289 e. The van der Waals surface area contributed by atoms with Gasteiger partial charge in [0.1, 0.15) is 11.4 Å². The van der Waals surface area contributed by atoms with Gasteiger partial charge in [-0.2, -0.15) is 0 Å². The van der Waals surface area contributed by atoms with E-state index in [4.69, 9.17) is 16.0 Å². The number of halogens is 1. The predicted octanol–water partition coefficient (Wildman–Crippen LogP) is 4.07. The van der Waals surface area contributed by atoms with Crippen molar-refractivity contribution >= 4 is 28.5 Å². The number of fused-ring (bicyclic) bond motifs is 1. The molecule has 1 saturated heterocycles. The third-order valence-electron chi connectivity index (χ3n) is 5.69. The first-order valence-corrected chi connectivity index (χ1v) is 10.4. The van der Waals surface area contributed by atoms with E-state index in [2.05, 4.69) is 16.5 Å². The molecule has 0 saturated carbocycles. The summed E-state index contributed by atoms with van der Waals surface area (Å²) in [7, 11) is 0. The van der Waals surface area contributed by atoms with Gasteiger partial charge in [-0.1, -0.05) is 18.5 Å². The second kappa shape index (κ2) is 8.03. The van der Waals surface area contributed by atoms with Crippen molar-refractivity contribution in [2.24, 2.45) is 5.92 Å². The lowest BCUT2D eigenvalue weighted by molar-refractivity contribution is 0.0651. The van der Waals surface area contributed by atoms with Crippen molar-refractivity contribution in [2.75, 3.05) is 13.1 Å². The Morgan fingerprint density at radius 2 is 2.03 bits per heavy atom. The highest BCUT2D eigenvalue weighted by atomic mass is 35.5. The second-order valence-electron chi connectivity index (χ2n) is 7.66. The Labute approximate surface area is 174 Å². The molecule has 1 fully saturated rings. The molecule has 1 aliphatic rings. The summed E-state index contributed by atoms with van der Waals surface area (Å²) in [5.74, 6) is 1.43. The maximum absolute atomic E-state index is 12.9. The number of piperidine rings is 1. The summed E-state index contributed by atoms with van der Waals surface area (Å²) in [6.07, 6.45) is 6.60. The Morgan fingerprint density at radius 1 is 1.28 bits per heavy atom. The molecule has 2 aromatic heterocycles. The minimum absolute atomic E-state index is 0.0729. The van der Waals surface area contributed by atoms with Crippen molar-refractivity contribution in [3.8, 4) is 0 Å². The summed E-state index contributed by atoms with van der Waals surface area (Å²) in [5, 5.41) is 0.950. The van der Waals surface area contributed by atoms with Crippen molar-refractivity contribution in [2.45, 2.75) is 39.7 Å². The maximum Gasteiger partial charge on any atom is 0.289 e. The van der Waals surface area contributed by atoms with Gasteiger partial charge in [-0.05, 0) is 37.3 Å². The van der Waals surface area contributed by atoms with E-state index in [1.165, 1.54) is 6.07 Å². The van der Waals surface area contributed by atoms with Crippen molar-refractivity contribution in [3.63, 3.8) is 0 Å². The Bertz CT molecular complexity index is 1110. The normalized spacial score (nSPS) is 15.2. The van der Waals surface area contributed by atoms with E-state index in [-0.39, 0.29) is 17.1 Å². The Kier molecular flexibility index (Phi) is 5.46. The number of likely N-dealkylation sites (tertiary alicyclic amines) is 1. The molecule has 6 nitrogen and oxygen atoms in total. The number of hydrogen-bond donors (Lipinski definition) is 0. The van der Waals surface area contributed by atoms with Crippen LogP contribution in [0.4, 0.5) is 0 Å². The van der Waals surface area contributed by atoms with Gasteiger partial charge in [0, 0.05) is 55.6 Å². The van der Waals surface area contributed by atoms with Gasteiger partial charge >= 0.3 is 0 Å². The zero-order valence-electron chi connectivity index (χ0n) is 16.7. The van der Waals surface area contributed by atoms with E-state index >= 15 is 0 Å². The lowest BCUT2D eigenvalue weighted by Crippen LogP contribution is -2.39. The maximum atomic E-state index is 12.9. The summed E-state index contributed by atoms with van der Waals surface area (Å²) in [4.78, 5) is 31.5. The molecule has 0 radical (unpaired) electrons. The number of aryl methyl sites for hydroxylation is 2. The molecule has 0 atom stereocenters. The van der Waals surface area contributed by atoms with Crippen LogP contribution in [0.15, 0.2) is 39.8 Å². The molecule has 1 aromatic carbocycles. The average molecular weight is 414 g/mol. The van der Waals surface area contributed by atoms with Crippen molar-refractivity contribution in [1.29, 1.82) is 0 Å². The topological polar surface area (TPSA) is 68.3 Å². The van der Waals surface area contributed by atoms with E-state index in [1.54, 1.807) is 17.0 Å². The summed E-state index contributed by atoms with van der Waals surface area (Å²) in [6, 6.07) is 4.60. The standard InChI is InChI=1S/C22H24ClN3O3/c1-3-21-24-6-9-26(21)13-15-4-7-25(8-5-15)22(28)20-12-18(27)16-10-14(2)17(23)11-19(16)29-20/h6,9-12,15H,3-5,7-8,13H2,1-2H3. The van der Waals surface area contributed by atoms with Gasteiger partial charge in [0.25, 0.3) is 5.91 Å². The summed E-state index contributed by atoms with van der Waals surface area (Å²) < 4.78 is 7.95. The van der Waals surface area contributed by atoms with Gasteiger partial charge in [0.05, 0.1) is 5.39 Å². The van der Waals surface area contributed by atoms with Gasteiger partial charge in [0.15, 0.2) is 11.2 Å². The first kappa shape index (κ1) is 19.7. The third-order valence-corrected chi connectivity index (χ3v) is 6.10.